The largest absolute Gasteiger partial charge is 0.452 e. The molecule has 0 aliphatic carbocycles. The van der Waals surface area contributed by atoms with Gasteiger partial charge in [0.15, 0.2) is 5.78 Å². The van der Waals surface area contributed by atoms with E-state index in [0.29, 0.717) is 5.56 Å². The Bertz CT molecular complexity index is 603. The molecule has 1 rings (SSSR count). The van der Waals surface area contributed by atoms with Gasteiger partial charge in [0.25, 0.3) is 0 Å². The minimum atomic E-state index is -0.967. The van der Waals surface area contributed by atoms with Crippen LogP contribution in [0.1, 0.15) is 38.1 Å². The lowest BCUT2D eigenvalue weighted by Crippen LogP contribution is -2.47. The number of hydrogen-bond donors (Lipinski definition) is 1. The quantitative estimate of drug-likeness (QED) is 0.243. The second kappa shape index (κ2) is 11.3. The SMILES string of the molecule is CC(C)C(NCC(=O)c1ccccc1)C(=O)OC(C(=O)OCI)C(C)C. The van der Waals surface area contributed by atoms with Crippen molar-refractivity contribution in [1.29, 1.82) is 0 Å². The van der Waals surface area contributed by atoms with Crippen LogP contribution in [-0.2, 0) is 19.1 Å². The molecule has 6 nitrogen and oxygen atoms in total. The van der Waals surface area contributed by atoms with Crippen LogP contribution in [0.3, 0.4) is 0 Å². The van der Waals surface area contributed by atoms with Gasteiger partial charge in [0.2, 0.25) is 6.10 Å². The van der Waals surface area contributed by atoms with Gasteiger partial charge in [0, 0.05) is 11.5 Å². The highest BCUT2D eigenvalue weighted by Crippen LogP contribution is 2.13. The zero-order valence-corrected chi connectivity index (χ0v) is 17.7. The smallest absolute Gasteiger partial charge is 0.348 e. The topological polar surface area (TPSA) is 81.7 Å². The van der Waals surface area contributed by atoms with Gasteiger partial charge in [-0.1, -0.05) is 58.0 Å². The molecule has 0 fully saturated rings. The van der Waals surface area contributed by atoms with Crippen molar-refractivity contribution in [3.8, 4) is 0 Å². The molecule has 0 radical (unpaired) electrons. The van der Waals surface area contributed by atoms with Crippen molar-refractivity contribution in [2.45, 2.75) is 39.8 Å². The number of alkyl halides is 1. The lowest BCUT2D eigenvalue weighted by Gasteiger charge is -2.25. The van der Waals surface area contributed by atoms with Crippen LogP contribution in [0, 0.1) is 11.8 Å². The number of Topliss-reactive ketones (excluding diaryl/α,β-unsaturated/α-hetero) is 1. The first-order valence-electron chi connectivity index (χ1n) is 8.52. The molecule has 1 aromatic rings. The van der Waals surface area contributed by atoms with Crippen molar-refractivity contribution in [2.24, 2.45) is 11.8 Å². The standard InChI is InChI=1S/C19H26INO5/c1-12(2)16(21-10-15(22)14-8-6-5-7-9-14)18(23)26-17(13(3)4)19(24)25-11-20/h5-9,12-13,16-17,21H,10-11H2,1-4H3. The Morgan fingerprint density at radius 3 is 2.12 bits per heavy atom. The van der Waals surface area contributed by atoms with Gasteiger partial charge in [0.05, 0.1) is 6.54 Å². The highest BCUT2D eigenvalue weighted by atomic mass is 127. The second-order valence-electron chi connectivity index (χ2n) is 6.57. The Kier molecular flexibility index (Phi) is 9.79. The van der Waals surface area contributed by atoms with Gasteiger partial charge in [0.1, 0.15) is 10.7 Å². The van der Waals surface area contributed by atoms with Crippen molar-refractivity contribution < 1.29 is 23.9 Å². The van der Waals surface area contributed by atoms with Gasteiger partial charge in [-0.05, 0) is 28.5 Å². The molecule has 144 valence electrons. The molecule has 0 aromatic heterocycles. The zero-order valence-electron chi connectivity index (χ0n) is 15.5. The molecule has 0 bridgehead atoms. The van der Waals surface area contributed by atoms with Crippen LogP contribution in [0.15, 0.2) is 30.3 Å². The van der Waals surface area contributed by atoms with Gasteiger partial charge in [-0.3, -0.25) is 14.9 Å². The van der Waals surface area contributed by atoms with E-state index in [1.165, 1.54) is 0 Å². The highest BCUT2D eigenvalue weighted by molar-refractivity contribution is 14.1. The molecular formula is C19H26INO5. The van der Waals surface area contributed by atoms with Crippen LogP contribution in [0.2, 0.25) is 0 Å². The number of ether oxygens (including phenoxy) is 2. The maximum absolute atomic E-state index is 12.6. The number of benzene rings is 1. The minimum absolute atomic E-state index is 0.00645. The van der Waals surface area contributed by atoms with E-state index in [1.54, 1.807) is 38.1 Å². The zero-order chi connectivity index (χ0) is 19.7. The van der Waals surface area contributed by atoms with Crippen molar-refractivity contribution in [3.63, 3.8) is 0 Å². The number of nitrogens with one attached hydrogen (secondary N) is 1. The van der Waals surface area contributed by atoms with Crippen molar-refractivity contribution in [1.82, 2.24) is 5.32 Å². The molecule has 0 spiro atoms. The van der Waals surface area contributed by atoms with Gasteiger partial charge < -0.3 is 9.47 Å². The molecule has 0 aliphatic rings. The maximum Gasteiger partial charge on any atom is 0.348 e. The monoisotopic (exact) mass is 475 g/mol. The van der Waals surface area contributed by atoms with Crippen LogP contribution in [0.4, 0.5) is 0 Å². The fourth-order valence-corrected chi connectivity index (χ4v) is 2.62. The van der Waals surface area contributed by atoms with Gasteiger partial charge in [-0.15, -0.1) is 0 Å². The average Bonchev–Trinajstić information content (AvgIpc) is 2.59. The maximum atomic E-state index is 12.6. The van der Waals surface area contributed by atoms with Crippen LogP contribution in [-0.4, -0.2) is 41.0 Å². The predicted molar refractivity (Wildman–Crippen MR) is 107 cm³/mol. The first-order chi connectivity index (χ1) is 12.3. The summed E-state index contributed by atoms with van der Waals surface area (Å²) in [6, 6.07) is 8.15. The Morgan fingerprint density at radius 2 is 1.62 bits per heavy atom. The third kappa shape index (κ3) is 7.03. The number of halogens is 1. The first kappa shape index (κ1) is 22.6. The number of hydrogen-bond acceptors (Lipinski definition) is 6. The van der Waals surface area contributed by atoms with E-state index < -0.39 is 24.1 Å². The van der Waals surface area contributed by atoms with E-state index >= 15 is 0 Å². The molecule has 0 saturated heterocycles. The van der Waals surface area contributed by atoms with E-state index in [1.807, 2.05) is 42.5 Å². The lowest BCUT2D eigenvalue weighted by molar-refractivity contribution is -0.171. The average molecular weight is 475 g/mol. The third-order valence-electron chi connectivity index (χ3n) is 3.78. The Hall–Kier alpha value is -1.48. The molecular weight excluding hydrogens is 449 g/mol. The molecule has 26 heavy (non-hydrogen) atoms. The molecule has 7 heteroatoms. The molecule has 0 saturated carbocycles. The summed E-state index contributed by atoms with van der Waals surface area (Å²) in [5.74, 6) is -1.57. The van der Waals surface area contributed by atoms with Crippen LogP contribution < -0.4 is 5.32 Å². The molecule has 2 atom stereocenters. The van der Waals surface area contributed by atoms with Crippen LogP contribution >= 0.6 is 22.6 Å². The number of rotatable bonds is 10. The number of carbonyl (C=O) groups is 3. The summed E-state index contributed by atoms with van der Waals surface area (Å²) in [4.78, 5) is 36.8. The Morgan fingerprint density at radius 1 is 1.00 bits per heavy atom. The number of ketones is 1. The summed E-state index contributed by atoms with van der Waals surface area (Å²) in [7, 11) is 0. The predicted octanol–water partition coefficient (Wildman–Crippen LogP) is 2.99. The first-order valence-corrected chi connectivity index (χ1v) is 10.0. The Balaban J connectivity index is 2.74. The Labute approximate surface area is 168 Å². The molecule has 0 heterocycles. The van der Waals surface area contributed by atoms with Gasteiger partial charge in [-0.2, -0.15) is 0 Å². The van der Waals surface area contributed by atoms with E-state index in [2.05, 4.69) is 5.32 Å². The third-order valence-corrected chi connectivity index (χ3v) is 4.09. The van der Waals surface area contributed by atoms with Crippen LogP contribution in [0.25, 0.3) is 0 Å². The molecule has 1 N–H and O–H groups in total. The molecule has 0 amide bonds. The van der Waals surface area contributed by atoms with E-state index in [-0.39, 0.29) is 28.8 Å². The summed E-state index contributed by atoms with van der Waals surface area (Å²) in [5.41, 5.74) is 0.571. The van der Waals surface area contributed by atoms with Crippen molar-refractivity contribution >= 4 is 40.3 Å². The van der Waals surface area contributed by atoms with Crippen molar-refractivity contribution in [3.05, 3.63) is 35.9 Å². The summed E-state index contributed by atoms with van der Waals surface area (Å²) in [6.07, 6.45) is -0.967. The second-order valence-corrected chi connectivity index (χ2v) is 7.19. The minimum Gasteiger partial charge on any atom is -0.452 e. The summed E-state index contributed by atoms with van der Waals surface area (Å²) in [5, 5.41) is 2.95. The fraction of sp³-hybridized carbons (Fsp3) is 0.526. The van der Waals surface area contributed by atoms with Crippen LogP contribution in [0.5, 0.6) is 0 Å². The number of esters is 2. The van der Waals surface area contributed by atoms with Crippen molar-refractivity contribution in [2.75, 3.05) is 11.2 Å². The molecule has 1 aromatic carbocycles. The molecule has 0 aliphatic heterocycles. The van der Waals surface area contributed by atoms with Gasteiger partial charge >= 0.3 is 11.9 Å². The summed E-state index contributed by atoms with van der Waals surface area (Å²) < 4.78 is 10.5. The summed E-state index contributed by atoms with van der Waals surface area (Å²) in [6.45, 7) is 7.26. The molecule has 2 unspecified atom stereocenters. The van der Waals surface area contributed by atoms with E-state index in [9.17, 15) is 14.4 Å². The highest BCUT2D eigenvalue weighted by Gasteiger charge is 2.32. The normalized spacial score (nSPS) is 13.3. The van der Waals surface area contributed by atoms with Gasteiger partial charge in [-0.25, -0.2) is 4.79 Å². The number of carbonyl (C=O) groups excluding carboxylic acids is 3. The summed E-state index contributed by atoms with van der Waals surface area (Å²) >= 11 is 1.91. The van der Waals surface area contributed by atoms with E-state index in [0.717, 1.165) is 0 Å². The lowest BCUT2D eigenvalue weighted by atomic mass is 10.0. The van der Waals surface area contributed by atoms with E-state index in [4.69, 9.17) is 9.47 Å². The fourth-order valence-electron chi connectivity index (χ4n) is 2.31.